The molecule has 2 aromatic rings. The van der Waals surface area contributed by atoms with Crippen LogP contribution in [0.1, 0.15) is 17.0 Å². The maximum absolute atomic E-state index is 6.24. The van der Waals surface area contributed by atoms with Gasteiger partial charge in [0.15, 0.2) is 0 Å². The number of aryl methyl sites for hydroxylation is 3. The second-order valence-corrected chi connectivity index (χ2v) is 6.51. The third kappa shape index (κ3) is 3.15. The molecule has 1 aromatic carbocycles. The van der Waals surface area contributed by atoms with Crippen LogP contribution in [0.15, 0.2) is 21.1 Å². The minimum atomic E-state index is 0.621. The van der Waals surface area contributed by atoms with Crippen LogP contribution in [0.2, 0.25) is 5.02 Å². The third-order valence-corrected chi connectivity index (χ3v) is 4.62. The molecule has 0 radical (unpaired) electrons. The Morgan fingerprint density at radius 3 is 2.32 bits per heavy atom. The predicted molar refractivity (Wildman–Crippen MR) is 86.9 cm³/mol. The molecule has 1 aromatic heterocycles. The molecule has 0 unspecified atom stereocenters. The lowest BCUT2D eigenvalue weighted by atomic mass is 10.2. The Morgan fingerprint density at radius 2 is 1.84 bits per heavy atom. The fourth-order valence-electron chi connectivity index (χ4n) is 1.91. The van der Waals surface area contributed by atoms with E-state index in [0.29, 0.717) is 11.6 Å². The van der Waals surface area contributed by atoms with E-state index in [0.717, 1.165) is 26.0 Å². The van der Waals surface area contributed by atoms with E-state index in [9.17, 15) is 0 Å². The highest BCUT2D eigenvalue weighted by atomic mass is 79.9. The summed E-state index contributed by atoms with van der Waals surface area (Å²) in [5.41, 5.74) is 4.03. The minimum Gasteiger partial charge on any atom is -0.378 e. The average Bonchev–Trinajstić information content (AvgIpc) is 2.53. The first kappa shape index (κ1) is 14.9. The van der Waals surface area contributed by atoms with Crippen LogP contribution in [0.3, 0.4) is 0 Å². The highest BCUT2D eigenvalue weighted by molar-refractivity contribution is 9.11. The first-order valence-electron chi connectivity index (χ1n) is 5.77. The number of nitrogens with one attached hydrogen (secondary N) is 1. The normalized spacial score (nSPS) is 10.8. The number of aromatic nitrogens is 2. The largest absolute Gasteiger partial charge is 0.378 e. The van der Waals surface area contributed by atoms with E-state index < -0.39 is 0 Å². The van der Waals surface area contributed by atoms with Gasteiger partial charge in [0.05, 0.1) is 28.6 Å². The van der Waals surface area contributed by atoms with Gasteiger partial charge in [0.1, 0.15) is 0 Å². The standard InChI is InChI=1S/C13H14Br2ClN3/c1-7-4-9(14)13(10(15)5-7)17-6-11-12(16)8(2)18-19(11)3/h4-5,17H,6H2,1-3H3. The number of anilines is 1. The highest BCUT2D eigenvalue weighted by Crippen LogP contribution is 2.33. The molecule has 0 aliphatic heterocycles. The summed E-state index contributed by atoms with van der Waals surface area (Å²) in [6, 6.07) is 4.15. The highest BCUT2D eigenvalue weighted by Gasteiger charge is 2.12. The van der Waals surface area contributed by atoms with Crippen molar-refractivity contribution in [1.29, 1.82) is 0 Å². The van der Waals surface area contributed by atoms with Crippen molar-refractivity contribution in [2.24, 2.45) is 7.05 Å². The molecule has 19 heavy (non-hydrogen) atoms. The van der Waals surface area contributed by atoms with Gasteiger partial charge in [-0.25, -0.2) is 0 Å². The first-order chi connectivity index (χ1) is 8.90. The zero-order chi connectivity index (χ0) is 14.2. The molecule has 0 atom stereocenters. The van der Waals surface area contributed by atoms with Crippen molar-refractivity contribution in [3.63, 3.8) is 0 Å². The monoisotopic (exact) mass is 405 g/mol. The van der Waals surface area contributed by atoms with E-state index in [-0.39, 0.29) is 0 Å². The molecule has 1 heterocycles. The summed E-state index contributed by atoms with van der Waals surface area (Å²) >= 11 is 13.4. The van der Waals surface area contributed by atoms with Crippen molar-refractivity contribution in [3.05, 3.63) is 43.1 Å². The summed E-state index contributed by atoms with van der Waals surface area (Å²) in [7, 11) is 1.90. The van der Waals surface area contributed by atoms with Crippen LogP contribution in [0.25, 0.3) is 0 Å². The molecule has 102 valence electrons. The van der Waals surface area contributed by atoms with Gasteiger partial charge in [-0.1, -0.05) is 11.6 Å². The van der Waals surface area contributed by atoms with Crippen molar-refractivity contribution in [2.45, 2.75) is 20.4 Å². The fraction of sp³-hybridized carbons (Fsp3) is 0.308. The van der Waals surface area contributed by atoms with E-state index in [1.54, 1.807) is 4.68 Å². The van der Waals surface area contributed by atoms with Gasteiger partial charge < -0.3 is 5.32 Å². The molecule has 0 spiro atoms. The molecular formula is C13H14Br2ClN3. The predicted octanol–water partition coefficient (Wildman–Crippen LogP) is 4.83. The smallest absolute Gasteiger partial charge is 0.0865 e. The molecule has 1 N–H and O–H groups in total. The van der Waals surface area contributed by atoms with E-state index in [2.05, 4.69) is 61.3 Å². The van der Waals surface area contributed by atoms with Gasteiger partial charge in [-0.15, -0.1) is 0 Å². The lowest BCUT2D eigenvalue weighted by Crippen LogP contribution is -2.07. The summed E-state index contributed by atoms with van der Waals surface area (Å²) in [5, 5.41) is 8.40. The van der Waals surface area contributed by atoms with Crippen LogP contribution in [0, 0.1) is 13.8 Å². The molecule has 0 aliphatic rings. The van der Waals surface area contributed by atoms with E-state index >= 15 is 0 Å². The fourth-order valence-corrected chi connectivity index (χ4v) is 3.84. The van der Waals surface area contributed by atoms with E-state index in [1.807, 2.05) is 14.0 Å². The molecule has 0 amide bonds. The molecule has 6 heteroatoms. The zero-order valence-electron chi connectivity index (χ0n) is 10.9. The third-order valence-electron chi connectivity index (χ3n) is 2.88. The number of hydrogen-bond acceptors (Lipinski definition) is 2. The second-order valence-electron chi connectivity index (χ2n) is 4.43. The van der Waals surface area contributed by atoms with Crippen LogP contribution in [0.4, 0.5) is 5.69 Å². The maximum Gasteiger partial charge on any atom is 0.0865 e. The van der Waals surface area contributed by atoms with Gasteiger partial charge in [-0.3, -0.25) is 4.68 Å². The quantitative estimate of drug-likeness (QED) is 0.790. The number of rotatable bonds is 3. The second kappa shape index (κ2) is 5.85. The van der Waals surface area contributed by atoms with Gasteiger partial charge in [-0.05, 0) is 63.4 Å². The Morgan fingerprint density at radius 1 is 1.26 bits per heavy atom. The Balaban J connectivity index is 2.24. The Bertz CT molecular complexity index is 600. The number of hydrogen-bond donors (Lipinski definition) is 1. The lowest BCUT2D eigenvalue weighted by molar-refractivity contribution is 0.713. The van der Waals surface area contributed by atoms with E-state index in [4.69, 9.17) is 11.6 Å². The summed E-state index contributed by atoms with van der Waals surface area (Å²) in [4.78, 5) is 0. The molecule has 0 saturated carbocycles. The molecule has 0 saturated heterocycles. The summed E-state index contributed by atoms with van der Waals surface area (Å²) in [5.74, 6) is 0. The number of nitrogens with zero attached hydrogens (tertiary/aromatic N) is 2. The molecule has 2 rings (SSSR count). The van der Waals surface area contributed by atoms with Crippen molar-refractivity contribution < 1.29 is 0 Å². The molecule has 3 nitrogen and oxygen atoms in total. The average molecular weight is 408 g/mol. The van der Waals surface area contributed by atoms with Crippen molar-refractivity contribution in [1.82, 2.24) is 9.78 Å². The van der Waals surface area contributed by atoms with Crippen molar-refractivity contribution in [3.8, 4) is 0 Å². The molecular weight excluding hydrogens is 393 g/mol. The Kier molecular flexibility index (Phi) is 4.58. The van der Waals surface area contributed by atoms with Gasteiger partial charge >= 0.3 is 0 Å². The van der Waals surface area contributed by atoms with E-state index in [1.165, 1.54) is 5.56 Å². The zero-order valence-corrected chi connectivity index (χ0v) is 14.8. The summed E-state index contributed by atoms with van der Waals surface area (Å²) in [6.07, 6.45) is 0. The van der Waals surface area contributed by atoms with Crippen molar-refractivity contribution >= 4 is 49.1 Å². The molecule has 0 fully saturated rings. The summed E-state index contributed by atoms with van der Waals surface area (Å²) < 4.78 is 3.85. The summed E-state index contributed by atoms with van der Waals surface area (Å²) in [6.45, 7) is 4.58. The van der Waals surface area contributed by atoms with Crippen LogP contribution in [-0.4, -0.2) is 9.78 Å². The molecule has 0 bridgehead atoms. The van der Waals surface area contributed by atoms with Crippen LogP contribution in [-0.2, 0) is 13.6 Å². The van der Waals surface area contributed by atoms with Crippen LogP contribution in [0.5, 0.6) is 0 Å². The molecule has 0 aliphatic carbocycles. The lowest BCUT2D eigenvalue weighted by Gasteiger charge is -2.12. The SMILES string of the molecule is Cc1cc(Br)c(NCc2c(Cl)c(C)nn2C)c(Br)c1. The van der Waals surface area contributed by atoms with Gasteiger partial charge in [0.25, 0.3) is 0 Å². The van der Waals surface area contributed by atoms with Gasteiger partial charge in [0, 0.05) is 16.0 Å². The van der Waals surface area contributed by atoms with Crippen LogP contribution >= 0.6 is 43.5 Å². The Hall–Kier alpha value is -0.520. The van der Waals surface area contributed by atoms with Crippen LogP contribution < -0.4 is 5.32 Å². The minimum absolute atomic E-state index is 0.621. The first-order valence-corrected chi connectivity index (χ1v) is 7.74. The van der Waals surface area contributed by atoms with Gasteiger partial charge in [0.2, 0.25) is 0 Å². The van der Waals surface area contributed by atoms with Crippen molar-refractivity contribution in [2.75, 3.05) is 5.32 Å². The Labute approximate surface area is 134 Å². The van der Waals surface area contributed by atoms with Gasteiger partial charge in [-0.2, -0.15) is 5.10 Å². The number of halogens is 3. The maximum atomic E-state index is 6.24. The topological polar surface area (TPSA) is 29.9 Å². The number of benzene rings is 1.